The summed E-state index contributed by atoms with van der Waals surface area (Å²) in [6.07, 6.45) is 4.85. The Morgan fingerprint density at radius 3 is 2.76 bits per heavy atom. The molecule has 5 nitrogen and oxygen atoms in total. The lowest BCUT2D eigenvalue weighted by atomic mass is 10.0. The molecular formula is C11H16N2O3S. The first-order valence-corrected chi connectivity index (χ1v) is 6.74. The Hall–Kier alpha value is -1.04. The van der Waals surface area contributed by atoms with E-state index in [1.54, 1.807) is 6.92 Å². The lowest BCUT2D eigenvalue weighted by Crippen LogP contribution is -2.24. The maximum atomic E-state index is 11.2. The van der Waals surface area contributed by atoms with Crippen molar-refractivity contribution in [3.8, 4) is 0 Å². The number of carboxylic acids is 1. The molecule has 0 radical (unpaired) electrons. The summed E-state index contributed by atoms with van der Waals surface area (Å²) in [6.45, 7) is 1.73. The summed E-state index contributed by atoms with van der Waals surface area (Å²) < 4.78 is 5.30. The molecule has 94 valence electrons. The van der Waals surface area contributed by atoms with Gasteiger partial charge in [-0.05, 0) is 12.8 Å². The molecule has 0 amide bonds. The summed E-state index contributed by atoms with van der Waals surface area (Å²) in [6, 6.07) is 0. The average Bonchev–Trinajstić information content (AvgIpc) is 2.55. The fraction of sp³-hybridized carbons (Fsp3) is 0.727. The van der Waals surface area contributed by atoms with Crippen molar-refractivity contribution in [3.63, 3.8) is 0 Å². The van der Waals surface area contributed by atoms with Crippen LogP contribution in [0.25, 0.3) is 0 Å². The maximum absolute atomic E-state index is 11.2. The molecule has 1 saturated carbocycles. The van der Waals surface area contributed by atoms with Crippen LogP contribution < -0.4 is 0 Å². The largest absolute Gasteiger partial charge is 0.481 e. The number of aliphatic carboxylic acids is 1. The highest BCUT2D eigenvalue weighted by atomic mass is 32.2. The summed E-state index contributed by atoms with van der Waals surface area (Å²) in [4.78, 5) is 11.2. The minimum absolute atomic E-state index is 0.0508. The summed E-state index contributed by atoms with van der Waals surface area (Å²) in [7, 11) is 0. The molecule has 1 fully saturated rings. The van der Waals surface area contributed by atoms with Crippen molar-refractivity contribution in [2.75, 3.05) is 0 Å². The number of aromatic nitrogens is 2. The fourth-order valence-corrected chi connectivity index (χ4v) is 3.37. The van der Waals surface area contributed by atoms with Crippen LogP contribution in [0, 0.1) is 12.8 Å². The number of thioether (sulfide) groups is 1. The van der Waals surface area contributed by atoms with Crippen molar-refractivity contribution in [2.24, 2.45) is 5.92 Å². The summed E-state index contributed by atoms with van der Waals surface area (Å²) >= 11 is 1.41. The van der Waals surface area contributed by atoms with Crippen LogP contribution in [0.1, 0.15) is 38.0 Å². The van der Waals surface area contributed by atoms with Gasteiger partial charge in [-0.15, -0.1) is 10.2 Å². The van der Waals surface area contributed by atoms with E-state index in [4.69, 9.17) is 4.42 Å². The van der Waals surface area contributed by atoms with Crippen LogP contribution in [-0.4, -0.2) is 26.5 Å². The van der Waals surface area contributed by atoms with Gasteiger partial charge in [0.05, 0.1) is 5.92 Å². The lowest BCUT2D eigenvalue weighted by Gasteiger charge is -2.18. The first-order valence-electron chi connectivity index (χ1n) is 5.86. The van der Waals surface area contributed by atoms with E-state index < -0.39 is 5.97 Å². The second-order valence-corrected chi connectivity index (χ2v) is 5.52. The van der Waals surface area contributed by atoms with Crippen molar-refractivity contribution >= 4 is 17.7 Å². The third-order valence-corrected chi connectivity index (χ3v) is 4.26. The lowest BCUT2D eigenvalue weighted by molar-refractivity contribution is -0.141. The van der Waals surface area contributed by atoms with Crippen LogP contribution in [0.15, 0.2) is 9.64 Å². The molecular weight excluding hydrogens is 240 g/mol. The molecule has 0 aromatic carbocycles. The van der Waals surface area contributed by atoms with Crippen LogP contribution in [0.2, 0.25) is 0 Å². The van der Waals surface area contributed by atoms with Gasteiger partial charge in [-0.3, -0.25) is 4.79 Å². The number of carbonyl (C=O) groups is 1. The summed E-state index contributed by atoms with van der Waals surface area (Å²) in [5.41, 5.74) is 0. The topological polar surface area (TPSA) is 76.2 Å². The SMILES string of the molecule is Cc1nnc(SC2CCCCCC2C(=O)O)o1. The van der Waals surface area contributed by atoms with Gasteiger partial charge in [0.1, 0.15) is 0 Å². The quantitative estimate of drug-likeness (QED) is 0.837. The average molecular weight is 256 g/mol. The van der Waals surface area contributed by atoms with Gasteiger partial charge in [-0.25, -0.2) is 0 Å². The zero-order valence-corrected chi connectivity index (χ0v) is 10.6. The molecule has 0 bridgehead atoms. The molecule has 0 aliphatic heterocycles. The minimum Gasteiger partial charge on any atom is -0.481 e. The molecule has 2 rings (SSSR count). The van der Waals surface area contributed by atoms with E-state index >= 15 is 0 Å². The molecule has 1 aliphatic carbocycles. The molecule has 1 heterocycles. The molecule has 0 saturated heterocycles. The molecule has 1 aromatic heterocycles. The number of hydrogen-bond acceptors (Lipinski definition) is 5. The molecule has 1 N–H and O–H groups in total. The highest BCUT2D eigenvalue weighted by molar-refractivity contribution is 7.99. The molecule has 2 unspecified atom stereocenters. The Morgan fingerprint density at radius 2 is 2.12 bits per heavy atom. The van der Waals surface area contributed by atoms with E-state index in [0.29, 0.717) is 11.1 Å². The Kier molecular flexibility index (Phi) is 4.04. The standard InChI is InChI=1S/C11H16N2O3S/c1-7-12-13-11(16-7)17-9-6-4-2-3-5-8(9)10(14)15/h8-9H,2-6H2,1H3,(H,14,15). The first-order chi connectivity index (χ1) is 8.16. The molecule has 2 atom stereocenters. The smallest absolute Gasteiger partial charge is 0.307 e. The zero-order valence-electron chi connectivity index (χ0n) is 9.76. The Labute approximate surface area is 104 Å². The van der Waals surface area contributed by atoms with Gasteiger partial charge in [-0.2, -0.15) is 0 Å². The summed E-state index contributed by atoms with van der Waals surface area (Å²) in [5, 5.41) is 17.5. The molecule has 17 heavy (non-hydrogen) atoms. The first kappa shape index (κ1) is 12.4. The van der Waals surface area contributed by atoms with E-state index in [-0.39, 0.29) is 11.2 Å². The van der Waals surface area contributed by atoms with Crippen molar-refractivity contribution in [2.45, 2.75) is 49.5 Å². The molecule has 1 aliphatic rings. The van der Waals surface area contributed by atoms with Crippen molar-refractivity contribution in [1.82, 2.24) is 10.2 Å². The van der Waals surface area contributed by atoms with Crippen molar-refractivity contribution in [1.29, 1.82) is 0 Å². The van der Waals surface area contributed by atoms with E-state index in [1.165, 1.54) is 11.8 Å². The number of rotatable bonds is 3. The van der Waals surface area contributed by atoms with E-state index in [9.17, 15) is 9.90 Å². The van der Waals surface area contributed by atoms with Crippen LogP contribution in [0.3, 0.4) is 0 Å². The third-order valence-electron chi connectivity index (χ3n) is 3.03. The van der Waals surface area contributed by atoms with E-state index in [2.05, 4.69) is 10.2 Å². The molecule has 6 heteroatoms. The van der Waals surface area contributed by atoms with Gasteiger partial charge in [-0.1, -0.05) is 31.0 Å². The Balaban J connectivity index is 2.07. The molecule has 0 spiro atoms. The van der Waals surface area contributed by atoms with Gasteiger partial charge in [0, 0.05) is 12.2 Å². The van der Waals surface area contributed by atoms with Gasteiger partial charge in [0.25, 0.3) is 5.22 Å². The summed E-state index contributed by atoms with van der Waals surface area (Å²) in [5.74, 6) is -0.483. The third kappa shape index (κ3) is 3.21. The van der Waals surface area contributed by atoms with Crippen LogP contribution >= 0.6 is 11.8 Å². The number of aryl methyl sites for hydroxylation is 1. The molecule has 1 aromatic rings. The van der Waals surface area contributed by atoms with Crippen molar-refractivity contribution in [3.05, 3.63) is 5.89 Å². The highest BCUT2D eigenvalue weighted by Crippen LogP contribution is 2.36. The Morgan fingerprint density at radius 1 is 1.35 bits per heavy atom. The van der Waals surface area contributed by atoms with Crippen LogP contribution in [-0.2, 0) is 4.79 Å². The predicted molar refractivity (Wildman–Crippen MR) is 62.9 cm³/mol. The zero-order chi connectivity index (χ0) is 12.3. The fourth-order valence-electron chi connectivity index (χ4n) is 2.15. The van der Waals surface area contributed by atoms with Gasteiger partial charge < -0.3 is 9.52 Å². The Bertz CT molecular complexity index is 394. The predicted octanol–water partition coefficient (Wildman–Crippen LogP) is 2.50. The number of nitrogens with zero attached hydrogens (tertiary/aromatic N) is 2. The van der Waals surface area contributed by atoms with Crippen LogP contribution in [0.5, 0.6) is 0 Å². The second kappa shape index (κ2) is 5.53. The van der Waals surface area contributed by atoms with Gasteiger partial charge in [0.2, 0.25) is 5.89 Å². The van der Waals surface area contributed by atoms with E-state index in [0.717, 1.165) is 32.1 Å². The van der Waals surface area contributed by atoms with E-state index in [1.807, 2.05) is 0 Å². The van der Waals surface area contributed by atoms with Crippen molar-refractivity contribution < 1.29 is 14.3 Å². The number of hydrogen-bond donors (Lipinski definition) is 1. The van der Waals surface area contributed by atoms with Gasteiger partial charge in [0.15, 0.2) is 0 Å². The number of carboxylic acid groups (broad SMARTS) is 1. The monoisotopic (exact) mass is 256 g/mol. The normalized spacial score (nSPS) is 25.5. The highest BCUT2D eigenvalue weighted by Gasteiger charge is 2.31. The maximum Gasteiger partial charge on any atom is 0.307 e. The van der Waals surface area contributed by atoms with Gasteiger partial charge >= 0.3 is 5.97 Å². The second-order valence-electron chi connectivity index (χ2n) is 4.33. The minimum atomic E-state index is -0.708. The van der Waals surface area contributed by atoms with Crippen LogP contribution in [0.4, 0.5) is 0 Å².